The highest BCUT2D eigenvalue weighted by molar-refractivity contribution is 5.96. The average molecular weight is 374 g/mol. The molecule has 3 rings (SSSR count). The molecule has 28 heavy (non-hydrogen) atoms. The molecule has 0 bridgehead atoms. The molecule has 142 valence electrons. The van der Waals surface area contributed by atoms with Gasteiger partial charge in [0, 0.05) is 42.9 Å². The van der Waals surface area contributed by atoms with Crippen LogP contribution in [0.2, 0.25) is 0 Å². The van der Waals surface area contributed by atoms with E-state index in [0.717, 1.165) is 22.3 Å². The fourth-order valence-electron chi connectivity index (χ4n) is 2.81. The molecule has 6 nitrogen and oxygen atoms in total. The predicted molar refractivity (Wildman–Crippen MR) is 109 cm³/mol. The van der Waals surface area contributed by atoms with Crippen LogP contribution in [-0.4, -0.2) is 26.7 Å². The topological polar surface area (TPSA) is 102 Å². The number of carbonyl (C=O) groups excluding carboxylic acids is 2. The van der Waals surface area contributed by atoms with Gasteiger partial charge in [0.2, 0.25) is 0 Å². The van der Waals surface area contributed by atoms with E-state index in [1.54, 1.807) is 30.7 Å². The quantitative estimate of drug-likeness (QED) is 0.465. The van der Waals surface area contributed by atoms with Crippen molar-refractivity contribution in [2.45, 2.75) is 26.2 Å². The Bertz CT molecular complexity index is 990. The molecule has 0 saturated carbocycles. The lowest BCUT2D eigenvalue weighted by atomic mass is 10.0. The summed E-state index contributed by atoms with van der Waals surface area (Å²) in [6.07, 6.45) is 9.50. The van der Waals surface area contributed by atoms with Gasteiger partial charge in [0.25, 0.3) is 0 Å². The fourth-order valence-corrected chi connectivity index (χ4v) is 2.81. The Morgan fingerprint density at radius 2 is 2.00 bits per heavy atom. The lowest BCUT2D eigenvalue weighted by molar-refractivity contribution is -0.117. The summed E-state index contributed by atoms with van der Waals surface area (Å²) in [4.78, 5) is 28.7. The number of ketones is 2. The molecule has 3 N–H and O–H groups in total. The molecule has 0 amide bonds. The third kappa shape index (κ3) is 5.23. The largest absolute Gasteiger partial charge is 0.398 e. The first kappa shape index (κ1) is 19.2. The van der Waals surface area contributed by atoms with Crippen LogP contribution >= 0.6 is 0 Å². The Balaban J connectivity index is 1.55. The zero-order chi connectivity index (χ0) is 19.9. The smallest absolute Gasteiger partial charge is 0.185 e. The number of H-pyrrole nitrogens is 1. The number of nitrogens with one attached hydrogen (secondary N) is 1. The van der Waals surface area contributed by atoms with Crippen LogP contribution in [-0.2, 0) is 17.6 Å². The van der Waals surface area contributed by atoms with Gasteiger partial charge in [-0.05, 0) is 35.7 Å². The van der Waals surface area contributed by atoms with Crippen molar-refractivity contribution >= 4 is 23.3 Å². The normalized spacial score (nSPS) is 11.0. The van der Waals surface area contributed by atoms with E-state index in [2.05, 4.69) is 15.2 Å². The van der Waals surface area contributed by atoms with E-state index in [0.29, 0.717) is 17.8 Å². The standard InChI is InChI=1S/C22H22N4O2/c1-15-5-7-18(20(23)9-15)11-22(28)21-8-6-16(12-24-21)10-19(27)4-2-3-17-13-25-26-14-17/h2-3,5-9,12-14H,4,10-11,23H2,1H3,(H,25,26)/b3-2+. The van der Waals surface area contributed by atoms with Gasteiger partial charge in [-0.15, -0.1) is 0 Å². The van der Waals surface area contributed by atoms with Gasteiger partial charge < -0.3 is 5.73 Å². The fraction of sp³-hybridized carbons (Fsp3) is 0.182. The van der Waals surface area contributed by atoms with Gasteiger partial charge in [-0.3, -0.25) is 19.7 Å². The van der Waals surface area contributed by atoms with Crippen LogP contribution in [0, 0.1) is 6.92 Å². The molecule has 0 aliphatic heterocycles. The van der Waals surface area contributed by atoms with E-state index in [1.807, 2.05) is 37.3 Å². The van der Waals surface area contributed by atoms with Crippen molar-refractivity contribution in [2.24, 2.45) is 0 Å². The number of allylic oxidation sites excluding steroid dienone is 1. The zero-order valence-electron chi connectivity index (χ0n) is 15.7. The minimum Gasteiger partial charge on any atom is -0.398 e. The summed E-state index contributed by atoms with van der Waals surface area (Å²) in [6, 6.07) is 9.09. The Kier molecular flexibility index (Phi) is 6.11. The summed E-state index contributed by atoms with van der Waals surface area (Å²) < 4.78 is 0. The highest BCUT2D eigenvalue weighted by atomic mass is 16.1. The number of benzene rings is 1. The van der Waals surface area contributed by atoms with Gasteiger partial charge in [0.15, 0.2) is 5.78 Å². The molecule has 0 aliphatic rings. The van der Waals surface area contributed by atoms with Crippen LogP contribution in [0.25, 0.3) is 6.08 Å². The molecule has 2 aromatic heterocycles. The summed E-state index contributed by atoms with van der Waals surface area (Å²) in [6.45, 7) is 1.96. The monoisotopic (exact) mass is 374 g/mol. The molecule has 1 aromatic carbocycles. The SMILES string of the molecule is Cc1ccc(CC(=O)c2ccc(CC(=O)C/C=C/c3cn[nH]c3)cn2)c(N)c1. The number of nitrogens with zero attached hydrogens (tertiary/aromatic N) is 2. The summed E-state index contributed by atoms with van der Waals surface area (Å²) in [5.74, 6) is -0.0236. The lowest BCUT2D eigenvalue weighted by Crippen LogP contribution is -2.09. The van der Waals surface area contributed by atoms with Crippen LogP contribution in [0.5, 0.6) is 0 Å². The number of carbonyl (C=O) groups is 2. The van der Waals surface area contributed by atoms with Gasteiger partial charge in [0.1, 0.15) is 11.5 Å². The molecule has 6 heteroatoms. The van der Waals surface area contributed by atoms with E-state index in [1.165, 1.54) is 0 Å². The van der Waals surface area contributed by atoms with Crippen molar-refractivity contribution in [3.8, 4) is 0 Å². The second kappa shape index (κ2) is 8.90. The number of Topliss-reactive ketones (excluding diaryl/α,β-unsaturated/α-hetero) is 2. The van der Waals surface area contributed by atoms with Crippen LogP contribution in [0.3, 0.4) is 0 Å². The highest BCUT2D eigenvalue weighted by Gasteiger charge is 2.11. The minimum atomic E-state index is -0.100. The Hall–Kier alpha value is -3.54. The summed E-state index contributed by atoms with van der Waals surface area (Å²) in [7, 11) is 0. The van der Waals surface area contributed by atoms with Gasteiger partial charge in [-0.25, -0.2) is 0 Å². The van der Waals surface area contributed by atoms with Gasteiger partial charge >= 0.3 is 0 Å². The molecule has 0 aliphatic carbocycles. The van der Waals surface area contributed by atoms with Crippen molar-refractivity contribution in [3.63, 3.8) is 0 Å². The number of nitrogens with two attached hydrogens (primary N) is 1. The van der Waals surface area contributed by atoms with Crippen LogP contribution < -0.4 is 5.73 Å². The number of hydrogen-bond acceptors (Lipinski definition) is 5. The number of pyridine rings is 1. The second-order valence-electron chi connectivity index (χ2n) is 6.71. The average Bonchev–Trinajstić information content (AvgIpc) is 3.18. The number of aryl methyl sites for hydroxylation is 1. The zero-order valence-corrected chi connectivity index (χ0v) is 15.7. The molecule has 0 unspecified atom stereocenters. The van der Waals surface area contributed by atoms with E-state index in [9.17, 15) is 9.59 Å². The van der Waals surface area contributed by atoms with Gasteiger partial charge in [-0.2, -0.15) is 5.10 Å². The number of hydrogen-bond donors (Lipinski definition) is 2. The van der Waals surface area contributed by atoms with Crippen molar-refractivity contribution in [1.29, 1.82) is 0 Å². The molecule has 0 radical (unpaired) electrons. The van der Waals surface area contributed by atoms with E-state index >= 15 is 0 Å². The van der Waals surface area contributed by atoms with E-state index in [4.69, 9.17) is 5.73 Å². The van der Waals surface area contributed by atoms with Gasteiger partial charge in [0.05, 0.1) is 6.20 Å². The maximum Gasteiger partial charge on any atom is 0.185 e. The number of nitrogen functional groups attached to an aromatic ring is 1. The predicted octanol–water partition coefficient (Wildman–Crippen LogP) is 3.34. The molecular weight excluding hydrogens is 352 g/mol. The summed E-state index contributed by atoms with van der Waals surface area (Å²) in [5, 5.41) is 6.55. The third-order valence-corrected chi connectivity index (χ3v) is 4.34. The minimum absolute atomic E-state index is 0.0769. The van der Waals surface area contributed by atoms with Crippen molar-refractivity contribution in [3.05, 3.63) is 82.9 Å². The van der Waals surface area contributed by atoms with Crippen LogP contribution in [0.4, 0.5) is 5.69 Å². The maximum atomic E-state index is 12.4. The Morgan fingerprint density at radius 1 is 1.14 bits per heavy atom. The number of aromatic amines is 1. The van der Waals surface area contributed by atoms with Crippen LogP contribution in [0.15, 0.2) is 55.0 Å². The first-order chi connectivity index (χ1) is 13.5. The van der Waals surface area contributed by atoms with Crippen molar-refractivity contribution in [1.82, 2.24) is 15.2 Å². The molecular formula is C22H22N4O2. The molecule has 0 atom stereocenters. The first-order valence-corrected chi connectivity index (χ1v) is 9.01. The summed E-state index contributed by atoms with van der Waals surface area (Å²) in [5.41, 5.74) is 10.5. The first-order valence-electron chi connectivity index (χ1n) is 9.01. The molecule has 2 heterocycles. The van der Waals surface area contributed by atoms with E-state index in [-0.39, 0.29) is 24.4 Å². The Morgan fingerprint density at radius 3 is 2.68 bits per heavy atom. The molecule has 3 aromatic rings. The number of aromatic nitrogens is 3. The lowest BCUT2D eigenvalue weighted by Gasteiger charge is -2.06. The summed E-state index contributed by atoms with van der Waals surface area (Å²) >= 11 is 0. The number of anilines is 1. The number of rotatable bonds is 8. The second-order valence-corrected chi connectivity index (χ2v) is 6.71. The highest BCUT2D eigenvalue weighted by Crippen LogP contribution is 2.16. The Labute approximate surface area is 163 Å². The van der Waals surface area contributed by atoms with Crippen molar-refractivity contribution in [2.75, 3.05) is 5.73 Å². The van der Waals surface area contributed by atoms with Crippen LogP contribution in [0.1, 0.15) is 39.2 Å². The third-order valence-electron chi connectivity index (χ3n) is 4.34. The molecule has 0 saturated heterocycles. The van der Waals surface area contributed by atoms with Gasteiger partial charge in [-0.1, -0.05) is 30.4 Å². The molecule has 0 fully saturated rings. The molecule has 0 spiro atoms. The van der Waals surface area contributed by atoms with E-state index < -0.39 is 0 Å². The maximum absolute atomic E-state index is 12.4. The van der Waals surface area contributed by atoms with Crippen molar-refractivity contribution < 1.29 is 9.59 Å².